The molecule has 4 rings (SSSR count). The van der Waals surface area contributed by atoms with Gasteiger partial charge in [0.15, 0.2) is 0 Å². The molecule has 1 aromatic heterocycles. The van der Waals surface area contributed by atoms with Crippen LogP contribution in [0.1, 0.15) is 16.8 Å². The number of anilines is 3. The largest absolute Gasteiger partial charge is 0.397 e. The Morgan fingerprint density at radius 2 is 2.17 bits per heavy atom. The number of carbonyl (C=O) groups is 1. The van der Waals surface area contributed by atoms with E-state index in [-0.39, 0.29) is 5.91 Å². The summed E-state index contributed by atoms with van der Waals surface area (Å²) in [5.74, 6) is 0.737. The minimum absolute atomic E-state index is 0.202. The van der Waals surface area contributed by atoms with E-state index in [9.17, 15) is 4.79 Å². The number of benzene rings is 1. The van der Waals surface area contributed by atoms with Crippen molar-refractivity contribution >= 4 is 23.1 Å². The number of carbonyl (C=O) groups excluding carboxylic acids is 1. The molecule has 118 valence electrons. The Kier molecular flexibility index (Phi) is 3.38. The molecule has 0 unspecified atom stereocenters. The molecule has 1 amide bonds. The summed E-state index contributed by atoms with van der Waals surface area (Å²) < 4.78 is 0. The number of nitrogen functional groups attached to an aromatic ring is 1. The molecule has 2 fully saturated rings. The number of amides is 1. The number of nitrogens with one attached hydrogen (secondary N) is 2. The predicted octanol–water partition coefficient (Wildman–Crippen LogP) is 1.47. The highest BCUT2D eigenvalue weighted by Crippen LogP contribution is 2.28. The van der Waals surface area contributed by atoms with Crippen LogP contribution in [0.5, 0.6) is 0 Å². The van der Waals surface area contributed by atoms with Gasteiger partial charge in [0.05, 0.1) is 16.9 Å². The third-order valence-corrected chi connectivity index (χ3v) is 4.57. The maximum Gasteiger partial charge on any atom is 0.257 e. The van der Waals surface area contributed by atoms with Crippen molar-refractivity contribution in [2.45, 2.75) is 18.5 Å². The van der Waals surface area contributed by atoms with Gasteiger partial charge in [-0.15, -0.1) is 0 Å². The van der Waals surface area contributed by atoms with Crippen molar-refractivity contribution in [3.05, 3.63) is 48.2 Å². The fourth-order valence-electron chi connectivity index (χ4n) is 3.34. The topological polar surface area (TPSA) is 83.3 Å². The molecule has 6 nitrogen and oxygen atoms in total. The van der Waals surface area contributed by atoms with E-state index in [2.05, 4.69) is 20.5 Å². The van der Waals surface area contributed by atoms with Crippen LogP contribution in [0.4, 0.5) is 17.2 Å². The maximum atomic E-state index is 12.3. The van der Waals surface area contributed by atoms with Crippen LogP contribution < -0.4 is 21.3 Å². The minimum Gasteiger partial charge on any atom is -0.397 e. The maximum absolute atomic E-state index is 12.3. The Hall–Kier alpha value is -2.60. The molecule has 0 radical (unpaired) electrons. The van der Waals surface area contributed by atoms with Gasteiger partial charge in [-0.3, -0.25) is 4.79 Å². The van der Waals surface area contributed by atoms with Crippen molar-refractivity contribution < 1.29 is 4.79 Å². The van der Waals surface area contributed by atoms with Crippen molar-refractivity contribution in [1.82, 2.24) is 10.3 Å². The zero-order valence-electron chi connectivity index (χ0n) is 12.7. The van der Waals surface area contributed by atoms with E-state index in [1.54, 1.807) is 18.3 Å². The third-order valence-electron chi connectivity index (χ3n) is 4.57. The van der Waals surface area contributed by atoms with Crippen LogP contribution in [0.2, 0.25) is 0 Å². The quantitative estimate of drug-likeness (QED) is 0.748. The Labute approximate surface area is 134 Å². The van der Waals surface area contributed by atoms with Crippen molar-refractivity contribution in [2.75, 3.05) is 29.0 Å². The zero-order valence-corrected chi connectivity index (χ0v) is 12.7. The molecule has 2 aliphatic heterocycles. The van der Waals surface area contributed by atoms with Gasteiger partial charge in [0.1, 0.15) is 5.82 Å². The molecule has 2 aromatic rings. The number of rotatable bonds is 3. The van der Waals surface area contributed by atoms with Crippen LogP contribution in [0.25, 0.3) is 0 Å². The summed E-state index contributed by atoms with van der Waals surface area (Å²) in [5, 5.41) is 6.29. The molecule has 0 aliphatic carbocycles. The van der Waals surface area contributed by atoms with Gasteiger partial charge in [0, 0.05) is 31.4 Å². The highest BCUT2D eigenvalue weighted by atomic mass is 16.1. The summed E-state index contributed by atoms with van der Waals surface area (Å²) in [6.45, 7) is 2.01. The highest BCUT2D eigenvalue weighted by Gasteiger charge is 2.38. The number of nitrogens with zero attached hydrogens (tertiary/aromatic N) is 2. The SMILES string of the molecule is Nc1ccccc1NC(=O)c1ccc(N2C[C@@H]3C[C@H]2CN3)nc1. The fraction of sp³-hybridized carbons (Fsp3) is 0.294. The second-order valence-corrected chi connectivity index (χ2v) is 6.09. The van der Waals surface area contributed by atoms with E-state index in [1.165, 1.54) is 6.42 Å². The third kappa shape index (κ3) is 2.61. The number of aromatic nitrogens is 1. The molecule has 23 heavy (non-hydrogen) atoms. The molecule has 0 saturated carbocycles. The summed E-state index contributed by atoms with van der Waals surface area (Å²) >= 11 is 0. The summed E-state index contributed by atoms with van der Waals surface area (Å²) in [5.41, 5.74) is 7.54. The number of fused-ring (bicyclic) bond motifs is 2. The Bertz CT molecular complexity index is 730. The second kappa shape index (κ2) is 5.55. The molecule has 2 saturated heterocycles. The van der Waals surface area contributed by atoms with Crippen molar-refractivity contribution in [2.24, 2.45) is 0 Å². The number of hydrogen-bond acceptors (Lipinski definition) is 5. The summed E-state index contributed by atoms with van der Waals surface area (Å²) in [4.78, 5) is 19.1. The van der Waals surface area contributed by atoms with E-state index < -0.39 is 0 Å². The average molecular weight is 309 g/mol. The smallest absolute Gasteiger partial charge is 0.257 e. The van der Waals surface area contributed by atoms with Crippen LogP contribution in [0.15, 0.2) is 42.6 Å². The van der Waals surface area contributed by atoms with Gasteiger partial charge >= 0.3 is 0 Å². The van der Waals surface area contributed by atoms with E-state index >= 15 is 0 Å². The molecule has 3 heterocycles. The van der Waals surface area contributed by atoms with E-state index in [1.807, 2.05) is 24.3 Å². The number of nitrogens with two attached hydrogens (primary N) is 1. The van der Waals surface area contributed by atoms with Crippen LogP contribution in [-0.2, 0) is 0 Å². The molecule has 0 spiro atoms. The lowest BCUT2D eigenvalue weighted by molar-refractivity contribution is 0.102. The van der Waals surface area contributed by atoms with E-state index in [0.717, 1.165) is 18.9 Å². The van der Waals surface area contributed by atoms with Gasteiger partial charge in [-0.2, -0.15) is 0 Å². The monoisotopic (exact) mass is 309 g/mol. The van der Waals surface area contributed by atoms with Crippen LogP contribution in [0.3, 0.4) is 0 Å². The first kappa shape index (κ1) is 14.0. The lowest BCUT2D eigenvalue weighted by Crippen LogP contribution is -2.44. The Morgan fingerprint density at radius 1 is 1.30 bits per heavy atom. The van der Waals surface area contributed by atoms with Gasteiger partial charge < -0.3 is 21.3 Å². The van der Waals surface area contributed by atoms with Crippen LogP contribution in [0, 0.1) is 0 Å². The van der Waals surface area contributed by atoms with E-state index in [0.29, 0.717) is 29.0 Å². The summed E-state index contributed by atoms with van der Waals surface area (Å²) in [7, 11) is 0. The first-order valence-electron chi connectivity index (χ1n) is 7.82. The zero-order chi connectivity index (χ0) is 15.8. The molecule has 1 aromatic carbocycles. The standard InChI is InChI=1S/C17H19N5O/c18-14-3-1-2-4-15(14)21-17(23)11-5-6-16(20-8-11)22-10-12-7-13(22)9-19-12/h1-6,8,12-13,19H,7,9-10,18H2,(H,21,23)/t12-,13-/m0/s1. The second-order valence-electron chi connectivity index (χ2n) is 6.09. The highest BCUT2D eigenvalue weighted by molar-refractivity contribution is 6.05. The minimum atomic E-state index is -0.202. The first-order chi connectivity index (χ1) is 11.2. The van der Waals surface area contributed by atoms with Crippen LogP contribution >= 0.6 is 0 Å². The number of para-hydroxylation sites is 2. The van der Waals surface area contributed by atoms with E-state index in [4.69, 9.17) is 5.73 Å². The fourth-order valence-corrected chi connectivity index (χ4v) is 3.34. The molecule has 2 aliphatic rings. The first-order valence-corrected chi connectivity index (χ1v) is 7.82. The van der Waals surface area contributed by atoms with Gasteiger partial charge in [-0.05, 0) is 30.7 Å². The van der Waals surface area contributed by atoms with Crippen molar-refractivity contribution in [3.8, 4) is 0 Å². The lowest BCUT2D eigenvalue weighted by Gasteiger charge is -2.28. The number of pyridine rings is 1. The normalized spacial score (nSPS) is 22.3. The Morgan fingerprint density at radius 3 is 2.83 bits per heavy atom. The van der Waals surface area contributed by atoms with Crippen molar-refractivity contribution in [3.63, 3.8) is 0 Å². The molecule has 6 heteroatoms. The van der Waals surface area contributed by atoms with Crippen LogP contribution in [-0.4, -0.2) is 36.1 Å². The molecule has 2 atom stereocenters. The number of piperazine rings is 1. The number of hydrogen-bond donors (Lipinski definition) is 3. The molecular weight excluding hydrogens is 290 g/mol. The predicted molar refractivity (Wildman–Crippen MR) is 90.6 cm³/mol. The van der Waals surface area contributed by atoms with Crippen molar-refractivity contribution in [1.29, 1.82) is 0 Å². The molecule has 2 bridgehead atoms. The lowest BCUT2D eigenvalue weighted by atomic mass is 10.2. The molecule has 4 N–H and O–H groups in total. The van der Waals surface area contributed by atoms with Gasteiger partial charge in [-0.1, -0.05) is 12.1 Å². The van der Waals surface area contributed by atoms with Gasteiger partial charge in [-0.25, -0.2) is 4.98 Å². The summed E-state index contributed by atoms with van der Waals surface area (Å²) in [6.07, 6.45) is 2.81. The Balaban J connectivity index is 1.47. The molecular formula is C17H19N5O. The summed E-state index contributed by atoms with van der Waals surface area (Å²) in [6, 6.07) is 12.0. The van der Waals surface area contributed by atoms with Gasteiger partial charge in [0.25, 0.3) is 5.91 Å². The average Bonchev–Trinajstić information content (AvgIpc) is 3.20. The van der Waals surface area contributed by atoms with Gasteiger partial charge in [0.2, 0.25) is 0 Å².